The van der Waals surface area contributed by atoms with E-state index in [4.69, 9.17) is 0 Å². The van der Waals surface area contributed by atoms with Gasteiger partial charge in [-0.3, -0.25) is 0 Å². The zero-order valence-corrected chi connectivity index (χ0v) is 13.1. The second-order valence-electron chi connectivity index (χ2n) is 5.46. The smallest absolute Gasteiger partial charge is 0.250 e. The lowest BCUT2D eigenvalue weighted by molar-refractivity contribution is 0.593. The molecule has 21 heavy (non-hydrogen) atoms. The molecule has 0 unspecified atom stereocenters. The minimum absolute atomic E-state index is 0.267. The zero-order chi connectivity index (χ0) is 15.2. The van der Waals surface area contributed by atoms with E-state index in [1.165, 1.54) is 16.1 Å². The molecule has 0 amide bonds. The van der Waals surface area contributed by atoms with E-state index in [9.17, 15) is 8.42 Å². The Bertz CT molecular complexity index is 761. The fraction of sp³-hybridized carbons (Fsp3) is 0.429. The molecule has 6 nitrogen and oxygen atoms in total. The van der Waals surface area contributed by atoms with Crippen LogP contribution in [0.5, 0.6) is 0 Å². The van der Waals surface area contributed by atoms with Gasteiger partial charge in [0.2, 0.25) is 0 Å². The molecule has 0 N–H and O–H groups in total. The summed E-state index contributed by atoms with van der Waals surface area (Å²) in [6.45, 7) is 1.92. The Kier molecular flexibility index (Phi) is 3.24. The first-order valence-corrected chi connectivity index (χ1v) is 8.30. The highest BCUT2D eigenvalue weighted by molar-refractivity contribution is 7.92. The molecule has 0 aliphatic heterocycles. The lowest BCUT2D eigenvalue weighted by Gasteiger charge is -2.17. The van der Waals surface area contributed by atoms with Crippen molar-refractivity contribution in [3.05, 3.63) is 35.5 Å². The van der Waals surface area contributed by atoms with Gasteiger partial charge in [-0.2, -0.15) is 9.90 Å². The molecule has 2 aromatic rings. The third-order valence-corrected chi connectivity index (χ3v) is 5.42. The molecular weight excluding hydrogens is 288 g/mol. The van der Waals surface area contributed by atoms with Crippen molar-refractivity contribution >= 4 is 15.8 Å². The summed E-state index contributed by atoms with van der Waals surface area (Å²) in [6.07, 6.45) is 2.09. The van der Waals surface area contributed by atoms with Gasteiger partial charge in [-0.1, -0.05) is 17.7 Å². The first-order chi connectivity index (χ1) is 9.89. The maximum Gasteiger partial charge on any atom is 0.265 e. The molecule has 0 bridgehead atoms. The van der Waals surface area contributed by atoms with Crippen molar-refractivity contribution in [3.8, 4) is 0 Å². The van der Waals surface area contributed by atoms with Crippen molar-refractivity contribution in [2.24, 2.45) is 7.05 Å². The molecule has 0 spiro atoms. The van der Waals surface area contributed by atoms with Gasteiger partial charge in [0.15, 0.2) is 5.82 Å². The van der Waals surface area contributed by atoms with E-state index in [0.29, 0.717) is 11.7 Å². The Balaban J connectivity index is 2.01. The Hall–Kier alpha value is -1.89. The van der Waals surface area contributed by atoms with Gasteiger partial charge in [0, 0.05) is 20.0 Å². The second-order valence-corrected chi connectivity index (χ2v) is 7.43. The molecule has 1 aromatic heterocycles. The van der Waals surface area contributed by atoms with Crippen LogP contribution in [0, 0.1) is 6.92 Å². The average Bonchev–Trinajstić information content (AvgIpc) is 3.21. The lowest BCUT2D eigenvalue weighted by Crippen LogP contribution is -2.27. The number of sulfonamides is 1. The van der Waals surface area contributed by atoms with Crippen LogP contribution in [0.1, 0.15) is 30.0 Å². The first kappa shape index (κ1) is 14.1. The van der Waals surface area contributed by atoms with Gasteiger partial charge in [-0.25, -0.2) is 12.7 Å². The van der Waals surface area contributed by atoms with Gasteiger partial charge in [0.05, 0.1) is 4.90 Å². The third-order valence-electron chi connectivity index (χ3n) is 3.66. The van der Waals surface area contributed by atoms with Crippen LogP contribution < -0.4 is 4.31 Å². The van der Waals surface area contributed by atoms with Crippen molar-refractivity contribution in [1.29, 1.82) is 0 Å². The van der Waals surface area contributed by atoms with Crippen LogP contribution in [0.25, 0.3) is 0 Å². The van der Waals surface area contributed by atoms with Gasteiger partial charge in [-0.15, -0.1) is 5.10 Å². The largest absolute Gasteiger partial charge is 0.265 e. The van der Waals surface area contributed by atoms with Crippen LogP contribution in [0.15, 0.2) is 29.2 Å². The highest BCUT2D eigenvalue weighted by atomic mass is 32.2. The summed E-state index contributed by atoms with van der Waals surface area (Å²) in [6, 6.07) is 6.82. The average molecular weight is 306 g/mol. The van der Waals surface area contributed by atoms with Gasteiger partial charge in [-0.05, 0) is 31.9 Å². The van der Waals surface area contributed by atoms with E-state index in [-0.39, 0.29) is 4.90 Å². The summed E-state index contributed by atoms with van der Waals surface area (Å²) in [5.74, 6) is 0.768. The van der Waals surface area contributed by atoms with Crippen molar-refractivity contribution in [3.63, 3.8) is 0 Å². The highest BCUT2D eigenvalue weighted by Gasteiger charge is 2.34. The molecule has 0 saturated heterocycles. The normalized spacial score (nSPS) is 15.2. The summed E-state index contributed by atoms with van der Waals surface area (Å²) < 4.78 is 26.6. The van der Waals surface area contributed by atoms with Crippen molar-refractivity contribution in [1.82, 2.24) is 15.0 Å². The fourth-order valence-electron chi connectivity index (χ4n) is 2.24. The molecule has 1 aromatic carbocycles. The summed E-state index contributed by atoms with van der Waals surface area (Å²) in [5, 5.41) is 8.55. The number of aromatic nitrogens is 3. The molecule has 3 rings (SSSR count). The van der Waals surface area contributed by atoms with E-state index in [1.54, 1.807) is 31.3 Å². The quantitative estimate of drug-likeness (QED) is 0.864. The second kappa shape index (κ2) is 4.84. The van der Waals surface area contributed by atoms with Crippen LogP contribution in [-0.4, -0.2) is 30.5 Å². The highest BCUT2D eigenvalue weighted by Crippen LogP contribution is 2.43. The van der Waals surface area contributed by atoms with E-state index >= 15 is 0 Å². The van der Waals surface area contributed by atoms with Crippen LogP contribution in [-0.2, 0) is 17.1 Å². The van der Waals surface area contributed by atoms with E-state index < -0.39 is 10.0 Å². The number of anilines is 1. The van der Waals surface area contributed by atoms with Crippen molar-refractivity contribution in [2.75, 3.05) is 11.4 Å². The minimum atomic E-state index is -3.61. The Morgan fingerprint density at radius 2 is 1.81 bits per heavy atom. The van der Waals surface area contributed by atoms with Crippen LogP contribution in [0.4, 0.5) is 5.82 Å². The van der Waals surface area contributed by atoms with Gasteiger partial charge in [0.25, 0.3) is 10.0 Å². The maximum absolute atomic E-state index is 12.7. The maximum atomic E-state index is 12.7. The van der Waals surface area contributed by atoms with E-state index in [2.05, 4.69) is 10.2 Å². The SMILES string of the molecule is Cc1ccc(S(=O)(=O)N(C)c2nn(C)nc2C2CC2)cc1. The monoisotopic (exact) mass is 306 g/mol. The number of rotatable bonds is 4. The number of hydrogen-bond donors (Lipinski definition) is 0. The summed E-state index contributed by atoms with van der Waals surface area (Å²) >= 11 is 0. The molecule has 1 saturated carbocycles. The van der Waals surface area contributed by atoms with Crippen LogP contribution >= 0.6 is 0 Å². The predicted molar refractivity (Wildman–Crippen MR) is 79.7 cm³/mol. The minimum Gasteiger partial charge on any atom is -0.250 e. The number of aryl methyl sites for hydroxylation is 2. The molecule has 1 heterocycles. The molecule has 1 fully saturated rings. The van der Waals surface area contributed by atoms with Gasteiger partial charge < -0.3 is 0 Å². The number of nitrogens with zero attached hydrogens (tertiary/aromatic N) is 4. The molecule has 0 atom stereocenters. The fourth-order valence-corrected chi connectivity index (χ4v) is 3.39. The lowest BCUT2D eigenvalue weighted by atomic mass is 10.2. The molecule has 112 valence electrons. The Morgan fingerprint density at radius 3 is 2.38 bits per heavy atom. The molecule has 1 aliphatic carbocycles. The first-order valence-electron chi connectivity index (χ1n) is 6.86. The standard InChI is InChI=1S/C14H18N4O2S/c1-10-4-8-12(9-5-10)21(19,20)17(2)14-13(11-6-7-11)15-18(3)16-14/h4-5,8-9,11H,6-7H2,1-3H3. The van der Waals surface area contributed by atoms with E-state index in [0.717, 1.165) is 24.1 Å². The third kappa shape index (κ3) is 2.53. The molecule has 0 radical (unpaired) electrons. The zero-order valence-electron chi connectivity index (χ0n) is 12.3. The molecule has 1 aliphatic rings. The Labute approximate surface area is 124 Å². The van der Waals surface area contributed by atoms with Gasteiger partial charge >= 0.3 is 0 Å². The van der Waals surface area contributed by atoms with Crippen LogP contribution in [0.3, 0.4) is 0 Å². The summed E-state index contributed by atoms with van der Waals surface area (Å²) in [4.78, 5) is 1.70. The predicted octanol–water partition coefficient (Wildman–Crippen LogP) is 1.83. The number of benzene rings is 1. The molecular formula is C14H18N4O2S. The topological polar surface area (TPSA) is 68.1 Å². The summed E-state index contributed by atoms with van der Waals surface area (Å²) in [5.41, 5.74) is 1.80. The Morgan fingerprint density at radius 1 is 1.19 bits per heavy atom. The number of hydrogen-bond acceptors (Lipinski definition) is 4. The summed E-state index contributed by atoms with van der Waals surface area (Å²) in [7, 11) is -0.363. The van der Waals surface area contributed by atoms with Crippen LogP contribution in [0.2, 0.25) is 0 Å². The van der Waals surface area contributed by atoms with Crippen molar-refractivity contribution < 1.29 is 8.42 Å². The molecule has 7 heteroatoms. The van der Waals surface area contributed by atoms with Gasteiger partial charge in [0.1, 0.15) is 5.69 Å². The van der Waals surface area contributed by atoms with Crippen molar-refractivity contribution in [2.45, 2.75) is 30.6 Å². The van der Waals surface area contributed by atoms with E-state index in [1.807, 2.05) is 6.92 Å².